The average molecular weight is 262 g/mol. The molecule has 6 heteroatoms. The van der Waals surface area contributed by atoms with Gasteiger partial charge in [0, 0.05) is 25.8 Å². The number of anilines is 1. The Morgan fingerprint density at radius 2 is 2.42 bits per heavy atom. The average Bonchev–Trinajstić information content (AvgIpc) is 2.91. The fourth-order valence-corrected chi connectivity index (χ4v) is 2.30. The second-order valence-corrected chi connectivity index (χ2v) is 5.16. The van der Waals surface area contributed by atoms with E-state index in [9.17, 15) is 5.11 Å². The van der Waals surface area contributed by atoms with Crippen LogP contribution in [0.3, 0.4) is 0 Å². The molecule has 6 nitrogen and oxygen atoms in total. The summed E-state index contributed by atoms with van der Waals surface area (Å²) in [5.41, 5.74) is 1.07. The maximum Gasteiger partial charge on any atom is 0.243 e. The van der Waals surface area contributed by atoms with Crippen molar-refractivity contribution in [2.24, 2.45) is 0 Å². The molecule has 1 aliphatic heterocycles. The number of ether oxygens (including phenoxy) is 1. The number of hydrogen-bond donors (Lipinski definition) is 2. The Labute approximate surface area is 111 Å². The quantitative estimate of drug-likeness (QED) is 0.863. The van der Waals surface area contributed by atoms with E-state index in [1.54, 1.807) is 4.52 Å². The summed E-state index contributed by atoms with van der Waals surface area (Å²) < 4.78 is 7.13. The minimum Gasteiger partial charge on any atom is -0.385 e. The molecule has 0 radical (unpaired) electrons. The number of fused-ring (bicyclic) bond motifs is 1. The Morgan fingerprint density at radius 3 is 3.16 bits per heavy atom. The van der Waals surface area contributed by atoms with E-state index in [1.807, 2.05) is 32.2 Å². The van der Waals surface area contributed by atoms with Crippen LogP contribution in [0.5, 0.6) is 0 Å². The van der Waals surface area contributed by atoms with Crippen LogP contribution in [0.1, 0.15) is 18.9 Å². The molecule has 2 N–H and O–H groups in total. The molecule has 1 saturated heterocycles. The Balaban J connectivity index is 1.75. The number of aliphatic hydroxyl groups is 1. The first kappa shape index (κ1) is 12.4. The zero-order valence-corrected chi connectivity index (χ0v) is 11.1. The topological polar surface area (TPSA) is 71.7 Å². The molecule has 0 spiro atoms. The molecule has 3 rings (SSSR count). The maximum absolute atomic E-state index is 10.4. The molecular formula is C13H18N4O2. The van der Waals surface area contributed by atoms with Crippen molar-refractivity contribution >= 4 is 11.6 Å². The minimum atomic E-state index is -0.840. The molecule has 19 heavy (non-hydrogen) atoms. The highest BCUT2D eigenvalue weighted by Gasteiger charge is 2.39. The lowest BCUT2D eigenvalue weighted by Gasteiger charge is -2.25. The van der Waals surface area contributed by atoms with Gasteiger partial charge in [-0.1, -0.05) is 6.07 Å². The first-order chi connectivity index (χ1) is 9.07. The number of nitrogens with one attached hydrogen (secondary N) is 1. The smallest absolute Gasteiger partial charge is 0.243 e. The van der Waals surface area contributed by atoms with E-state index in [-0.39, 0.29) is 6.10 Å². The molecule has 0 aromatic carbocycles. The van der Waals surface area contributed by atoms with Crippen LogP contribution in [0.2, 0.25) is 0 Å². The van der Waals surface area contributed by atoms with Gasteiger partial charge in [0.2, 0.25) is 5.95 Å². The van der Waals surface area contributed by atoms with Crippen LogP contribution < -0.4 is 5.32 Å². The van der Waals surface area contributed by atoms with Crippen molar-refractivity contribution in [3.05, 3.63) is 23.9 Å². The molecule has 0 bridgehead atoms. The standard InChI is InChI=1S/C13H18N4O2/c1-9-3-4-11-15-12(16-17(11)7-9)14-8-13(18)5-6-19-10(13)2/h3-4,7,10,18H,5-6,8H2,1-2H3,(H,14,16). The molecule has 2 unspecified atom stereocenters. The highest BCUT2D eigenvalue weighted by Crippen LogP contribution is 2.25. The van der Waals surface area contributed by atoms with E-state index in [0.717, 1.165) is 11.2 Å². The van der Waals surface area contributed by atoms with Crippen LogP contribution in [-0.4, -0.2) is 44.6 Å². The highest BCUT2D eigenvalue weighted by molar-refractivity contribution is 5.44. The van der Waals surface area contributed by atoms with Gasteiger partial charge < -0.3 is 15.2 Å². The Kier molecular flexibility index (Phi) is 2.91. The van der Waals surface area contributed by atoms with Crippen molar-refractivity contribution in [2.75, 3.05) is 18.5 Å². The number of hydrogen-bond acceptors (Lipinski definition) is 5. The summed E-state index contributed by atoms with van der Waals surface area (Å²) in [7, 11) is 0. The zero-order valence-electron chi connectivity index (χ0n) is 11.1. The third-order valence-corrected chi connectivity index (χ3v) is 3.69. The van der Waals surface area contributed by atoms with Crippen LogP contribution >= 0.6 is 0 Å². The summed E-state index contributed by atoms with van der Waals surface area (Å²) in [6.07, 6.45) is 2.39. The van der Waals surface area contributed by atoms with E-state index >= 15 is 0 Å². The van der Waals surface area contributed by atoms with Gasteiger partial charge in [-0.15, -0.1) is 5.10 Å². The summed E-state index contributed by atoms with van der Waals surface area (Å²) in [5, 5.41) is 17.8. The maximum atomic E-state index is 10.4. The highest BCUT2D eigenvalue weighted by atomic mass is 16.5. The zero-order chi connectivity index (χ0) is 13.5. The summed E-state index contributed by atoms with van der Waals surface area (Å²) >= 11 is 0. The predicted molar refractivity (Wildman–Crippen MR) is 71.2 cm³/mol. The third kappa shape index (κ3) is 2.29. The minimum absolute atomic E-state index is 0.167. The van der Waals surface area contributed by atoms with Crippen molar-refractivity contribution < 1.29 is 9.84 Å². The fourth-order valence-electron chi connectivity index (χ4n) is 2.30. The van der Waals surface area contributed by atoms with Crippen LogP contribution in [-0.2, 0) is 4.74 Å². The monoisotopic (exact) mass is 262 g/mol. The number of rotatable bonds is 3. The Morgan fingerprint density at radius 1 is 1.58 bits per heavy atom. The van der Waals surface area contributed by atoms with Crippen molar-refractivity contribution in [2.45, 2.75) is 32.0 Å². The second kappa shape index (κ2) is 4.47. The number of nitrogens with zero attached hydrogens (tertiary/aromatic N) is 3. The fraction of sp³-hybridized carbons (Fsp3) is 0.538. The van der Waals surface area contributed by atoms with Crippen molar-refractivity contribution in [1.29, 1.82) is 0 Å². The number of pyridine rings is 1. The van der Waals surface area contributed by atoms with Gasteiger partial charge in [0.15, 0.2) is 5.65 Å². The molecule has 0 saturated carbocycles. The molecule has 102 valence electrons. The SMILES string of the molecule is Cc1ccc2nc(NCC3(O)CCOC3C)nn2c1. The largest absolute Gasteiger partial charge is 0.385 e. The lowest BCUT2D eigenvalue weighted by molar-refractivity contribution is -0.0176. The summed E-state index contributed by atoms with van der Waals surface area (Å²) in [5.74, 6) is 0.526. The summed E-state index contributed by atoms with van der Waals surface area (Å²) in [4.78, 5) is 4.36. The van der Waals surface area contributed by atoms with Crippen LogP contribution in [0, 0.1) is 6.92 Å². The van der Waals surface area contributed by atoms with E-state index < -0.39 is 5.60 Å². The molecule has 2 atom stereocenters. The first-order valence-electron chi connectivity index (χ1n) is 6.48. The normalized spacial score (nSPS) is 27.0. The van der Waals surface area contributed by atoms with Gasteiger partial charge in [-0.05, 0) is 25.5 Å². The molecule has 1 fully saturated rings. The summed E-state index contributed by atoms with van der Waals surface area (Å²) in [6.45, 7) is 4.88. The third-order valence-electron chi connectivity index (χ3n) is 3.69. The lowest BCUT2D eigenvalue weighted by atomic mass is 9.97. The van der Waals surface area contributed by atoms with Gasteiger partial charge in [0.25, 0.3) is 0 Å². The molecule has 2 aromatic rings. The van der Waals surface area contributed by atoms with Gasteiger partial charge in [0.05, 0.1) is 6.10 Å². The first-order valence-corrected chi connectivity index (χ1v) is 6.48. The predicted octanol–water partition coefficient (Wildman–Crippen LogP) is 0.990. The Hall–Kier alpha value is -1.66. The number of aromatic nitrogens is 3. The lowest BCUT2D eigenvalue weighted by Crippen LogP contribution is -2.43. The van der Waals surface area contributed by atoms with E-state index in [2.05, 4.69) is 15.4 Å². The van der Waals surface area contributed by atoms with E-state index in [0.29, 0.717) is 25.5 Å². The van der Waals surface area contributed by atoms with Gasteiger partial charge in [-0.25, -0.2) is 4.52 Å². The molecule has 0 aliphatic carbocycles. The molecule has 0 amide bonds. The van der Waals surface area contributed by atoms with Gasteiger partial charge in [-0.3, -0.25) is 0 Å². The van der Waals surface area contributed by atoms with E-state index in [4.69, 9.17) is 4.74 Å². The van der Waals surface area contributed by atoms with Gasteiger partial charge in [-0.2, -0.15) is 4.98 Å². The van der Waals surface area contributed by atoms with Crippen molar-refractivity contribution in [3.8, 4) is 0 Å². The van der Waals surface area contributed by atoms with Gasteiger partial charge >= 0.3 is 0 Å². The van der Waals surface area contributed by atoms with Crippen LogP contribution in [0.4, 0.5) is 5.95 Å². The molecular weight excluding hydrogens is 244 g/mol. The van der Waals surface area contributed by atoms with Crippen molar-refractivity contribution in [1.82, 2.24) is 14.6 Å². The molecule has 2 aromatic heterocycles. The molecule has 3 heterocycles. The molecule has 1 aliphatic rings. The van der Waals surface area contributed by atoms with Crippen LogP contribution in [0.25, 0.3) is 5.65 Å². The number of aryl methyl sites for hydroxylation is 1. The van der Waals surface area contributed by atoms with Gasteiger partial charge in [0.1, 0.15) is 5.60 Å². The summed E-state index contributed by atoms with van der Waals surface area (Å²) in [6, 6.07) is 3.91. The Bertz CT molecular complexity index is 597. The second-order valence-electron chi connectivity index (χ2n) is 5.16. The van der Waals surface area contributed by atoms with E-state index in [1.165, 1.54) is 0 Å². The van der Waals surface area contributed by atoms with Crippen LogP contribution in [0.15, 0.2) is 18.3 Å². The van der Waals surface area contributed by atoms with Crippen molar-refractivity contribution in [3.63, 3.8) is 0 Å².